The number of pyridine rings is 1. The topological polar surface area (TPSA) is 45.2 Å². The molecule has 0 spiro atoms. The van der Waals surface area contributed by atoms with Crippen molar-refractivity contribution in [1.82, 2.24) is 15.2 Å². The van der Waals surface area contributed by atoms with Gasteiger partial charge in [-0.2, -0.15) is 0 Å². The number of benzene rings is 1. The van der Waals surface area contributed by atoms with Crippen molar-refractivity contribution in [2.45, 2.75) is 44.7 Å². The largest absolute Gasteiger partial charge is 0.341 e. The summed E-state index contributed by atoms with van der Waals surface area (Å²) in [6, 6.07) is 14.1. The van der Waals surface area contributed by atoms with Crippen molar-refractivity contribution < 1.29 is 4.79 Å². The van der Waals surface area contributed by atoms with Crippen LogP contribution in [0.25, 0.3) is 0 Å². The van der Waals surface area contributed by atoms with E-state index in [1.165, 1.54) is 12.0 Å². The average molecular weight is 337 g/mol. The summed E-state index contributed by atoms with van der Waals surface area (Å²) < 4.78 is 0. The lowest BCUT2D eigenvalue weighted by molar-refractivity contribution is -0.134. The van der Waals surface area contributed by atoms with Crippen LogP contribution in [0.4, 0.5) is 0 Å². The molecular weight excluding hydrogens is 310 g/mol. The van der Waals surface area contributed by atoms with Crippen LogP contribution in [0.2, 0.25) is 0 Å². The number of nitrogens with zero attached hydrogens (tertiary/aromatic N) is 2. The average Bonchev–Trinajstić information content (AvgIpc) is 2.69. The standard InChI is InChI=1S/C21H27N3O/c1-17(19-11-8-12-22-16-19)23-20(15-18-9-4-2-5-10-18)21(25)24-13-6-3-7-14-24/h2,4-5,8-12,16-17,20,23H,3,6-7,13-15H2,1H3/t17-,20+/m0/s1. The third kappa shape index (κ3) is 4.89. The van der Waals surface area contributed by atoms with E-state index in [1.807, 2.05) is 35.4 Å². The molecule has 1 saturated heterocycles. The molecule has 1 N–H and O–H groups in total. The second-order valence-electron chi connectivity index (χ2n) is 6.80. The number of hydrogen-bond acceptors (Lipinski definition) is 3. The van der Waals surface area contributed by atoms with Crippen LogP contribution in [0.1, 0.15) is 43.4 Å². The van der Waals surface area contributed by atoms with Gasteiger partial charge < -0.3 is 4.90 Å². The molecule has 1 fully saturated rings. The Hall–Kier alpha value is -2.20. The zero-order chi connectivity index (χ0) is 17.5. The number of carbonyl (C=O) groups excluding carboxylic acids is 1. The summed E-state index contributed by atoms with van der Waals surface area (Å²) in [7, 11) is 0. The molecule has 1 aliphatic rings. The maximum absolute atomic E-state index is 13.1. The van der Waals surface area contributed by atoms with Gasteiger partial charge in [0.05, 0.1) is 6.04 Å². The Morgan fingerprint density at radius 2 is 1.88 bits per heavy atom. The first-order chi connectivity index (χ1) is 12.2. The van der Waals surface area contributed by atoms with Crippen molar-refractivity contribution in [2.75, 3.05) is 13.1 Å². The number of hydrogen-bond donors (Lipinski definition) is 1. The van der Waals surface area contributed by atoms with Crippen LogP contribution in [0.5, 0.6) is 0 Å². The molecule has 2 atom stereocenters. The lowest BCUT2D eigenvalue weighted by atomic mass is 10.0. The summed E-state index contributed by atoms with van der Waals surface area (Å²) >= 11 is 0. The maximum Gasteiger partial charge on any atom is 0.240 e. The Labute approximate surface area is 150 Å². The molecule has 4 heteroatoms. The summed E-state index contributed by atoms with van der Waals surface area (Å²) in [4.78, 5) is 19.3. The first kappa shape index (κ1) is 17.6. The van der Waals surface area contributed by atoms with Crippen molar-refractivity contribution in [3.63, 3.8) is 0 Å². The van der Waals surface area contributed by atoms with Gasteiger partial charge >= 0.3 is 0 Å². The normalized spacial score (nSPS) is 17.1. The van der Waals surface area contributed by atoms with Crippen molar-refractivity contribution in [3.8, 4) is 0 Å². The van der Waals surface area contributed by atoms with Gasteiger partial charge in [-0.1, -0.05) is 36.4 Å². The van der Waals surface area contributed by atoms with Crippen LogP contribution in [0.15, 0.2) is 54.9 Å². The molecule has 0 bridgehead atoms. The van der Waals surface area contributed by atoms with E-state index >= 15 is 0 Å². The number of nitrogens with one attached hydrogen (secondary N) is 1. The minimum atomic E-state index is -0.212. The summed E-state index contributed by atoms with van der Waals surface area (Å²) in [5.41, 5.74) is 2.29. The van der Waals surface area contributed by atoms with Gasteiger partial charge in [0.1, 0.15) is 0 Å². The number of rotatable bonds is 6. The monoisotopic (exact) mass is 337 g/mol. The SMILES string of the molecule is C[C@H](N[C@H](Cc1ccccc1)C(=O)N1CCCCC1)c1cccnc1. The van der Waals surface area contributed by atoms with Gasteiger partial charge in [0.2, 0.25) is 5.91 Å². The molecule has 0 aliphatic carbocycles. The molecule has 1 aromatic heterocycles. The second-order valence-corrected chi connectivity index (χ2v) is 6.80. The Kier molecular flexibility index (Phi) is 6.18. The van der Waals surface area contributed by atoms with Crippen molar-refractivity contribution >= 4 is 5.91 Å². The fourth-order valence-electron chi connectivity index (χ4n) is 3.43. The van der Waals surface area contributed by atoms with Gasteiger partial charge in [-0.25, -0.2) is 0 Å². The molecule has 4 nitrogen and oxygen atoms in total. The van der Waals surface area contributed by atoms with E-state index < -0.39 is 0 Å². The molecule has 0 radical (unpaired) electrons. The molecular formula is C21H27N3O. The van der Waals surface area contributed by atoms with E-state index in [4.69, 9.17) is 0 Å². The molecule has 1 aromatic carbocycles. The molecule has 3 rings (SSSR count). The third-order valence-corrected chi connectivity index (χ3v) is 4.88. The van der Waals surface area contributed by atoms with Crippen molar-refractivity contribution in [2.24, 2.45) is 0 Å². The molecule has 132 valence electrons. The minimum absolute atomic E-state index is 0.0798. The summed E-state index contributed by atoms with van der Waals surface area (Å²) in [6.07, 6.45) is 7.80. The molecule has 0 saturated carbocycles. The Bertz CT molecular complexity index is 653. The highest BCUT2D eigenvalue weighted by Gasteiger charge is 2.27. The van der Waals surface area contributed by atoms with Crippen molar-refractivity contribution in [1.29, 1.82) is 0 Å². The number of aromatic nitrogens is 1. The quantitative estimate of drug-likeness (QED) is 0.879. The first-order valence-corrected chi connectivity index (χ1v) is 9.23. The predicted molar refractivity (Wildman–Crippen MR) is 100 cm³/mol. The van der Waals surface area contributed by atoms with Gasteiger partial charge in [-0.05, 0) is 49.8 Å². The highest BCUT2D eigenvalue weighted by molar-refractivity contribution is 5.82. The fraction of sp³-hybridized carbons (Fsp3) is 0.429. The number of carbonyl (C=O) groups is 1. The van der Waals surface area contributed by atoms with Gasteiger partial charge in [-0.3, -0.25) is 15.1 Å². The smallest absolute Gasteiger partial charge is 0.240 e. The molecule has 2 heterocycles. The van der Waals surface area contributed by atoms with E-state index in [-0.39, 0.29) is 18.0 Å². The molecule has 25 heavy (non-hydrogen) atoms. The van der Waals surface area contributed by atoms with Gasteiger partial charge in [0.25, 0.3) is 0 Å². The third-order valence-electron chi connectivity index (χ3n) is 4.88. The van der Waals surface area contributed by atoms with Crippen LogP contribution in [-0.2, 0) is 11.2 Å². The van der Waals surface area contributed by atoms with E-state index in [9.17, 15) is 4.79 Å². The van der Waals surface area contributed by atoms with Crippen LogP contribution in [0, 0.1) is 0 Å². The van der Waals surface area contributed by atoms with Gasteiger partial charge in [0, 0.05) is 31.5 Å². The van der Waals surface area contributed by atoms with E-state index in [2.05, 4.69) is 35.4 Å². The lowest BCUT2D eigenvalue weighted by Gasteiger charge is -2.32. The molecule has 1 amide bonds. The number of amides is 1. The zero-order valence-corrected chi connectivity index (χ0v) is 14.9. The Morgan fingerprint density at radius 1 is 1.12 bits per heavy atom. The lowest BCUT2D eigenvalue weighted by Crippen LogP contribution is -2.49. The van der Waals surface area contributed by atoms with Crippen LogP contribution in [-0.4, -0.2) is 34.9 Å². The maximum atomic E-state index is 13.1. The van der Waals surface area contributed by atoms with Crippen molar-refractivity contribution in [3.05, 3.63) is 66.0 Å². The Balaban J connectivity index is 1.74. The summed E-state index contributed by atoms with van der Waals surface area (Å²) in [5, 5.41) is 3.55. The van der Waals surface area contributed by atoms with E-state index in [0.29, 0.717) is 6.42 Å². The first-order valence-electron chi connectivity index (χ1n) is 9.23. The number of likely N-dealkylation sites (tertiary alicyclic amines) is 1. The molecule has 0 unspecified atom stereocenters. The van der Waals surface area contributed by atoms with Crippen LogP contribution >= 0.6 is 0 Å². The fourth-order valence-corrected chi connectivity index (χ4v) is 3.43. The Morgan fingerprint density at radius 3 is 2.56 bits per heavy atom. The predicted octanol–water partition coefficient (Wildman–Crippen LogP) is 3.36. The van der Waals surface area contributed by atoms with E-state index in [1.54, 1.807) is 6.20 Å². The van der Waals surface area contributed by atoms with Gasteiger partial charge in [-0.15, -0.1) is 0 Å². The second kappa shape index (κ2) is 8.77. The molecule has 1 aliphatic heterocycles. The van der Waals surface area contributed by atoms with E-state index in [0.717, 1.165) is 31.5 Å². The highest BCUT2D eigenvalue weighted by atomic mass is 16.2. The van der Waals surface area contributed by atoms with Crippen LogP contribution in [0.3, 0.4) is 0 Å². The van der Waals surface area contributed by atoms with Crippen LogP contribution < -0.4 is 5.32 Å². The zero-order valence-electron chi connectivity index (χ0n) is 14.9. The minimum Gasteiger partial charge on any atom is -0.341 e. The molecule has 2 aromatic rings. The van der Waals surface area contributed by atoms with Gasteiger partial charge in [0.15, 0.2) is 0 Å². The number of piperidine rings is 1. The summed E-state index contributed by atoms with van der Waals surface area (Å²) in [6.45, 7) is 3.86. The summed E-state index contributed by atoms with van der Waals surface area (Å²) in [5.74, 6) is 0.222. The highest BCUT2D eigenvalue weighted by Crippen LogP contribution is 2.16.